The molecule has 0 saturated heterocycles. The van der Waals surface area contributed by atoms with Crippen molar-refractivity contribution in [2.75, 3.05) is 0 Å². The van der Waals surface area contributed by atoms with Gasteiger partial charge in [0.2, 0.25) is 0 Å². The van der Waals surface area contributed by atoms with Crippen LogP contribution in [0.25, 0.3) is 0 Å². The van der Waals surface area contributed by atoms with Crippen LogP contribution in [0, 0.1) is 6.92 Å². The molecule has 0 N–H and O–H groups in total. The Morgan fingerprint density at radius 2 is 1.29 bits per heavy atom. The molecule has 0 atom stereocenters. The van der Waals surface area contributed by atoms with Gasteiger partial charge in [-0.1, -0.05) is 62.3 Å². The third kappa shape index (κ3) is 8.35. The Balaban J connectivity index is 0.000000233. The lowest BCUT2D eigenvalue weighted by Crippen LogP contribution is -2.12. The molecule has 0 aromatic carbocycles. The Morgan fingerprint density at radius 1 is 0.710 bits per heavy atom. The van der Waals surface area contributed by atoms with Gasteiger partial charge in [0, 0.05) is 44.6 Å². The lowest BCUT2D eigenvalue weighted by atomic mass is 9.88. The molecule has 174 valence electrons. The molecule has 0 aliphatic rings. The molecule has 0 saturated carbocycles. The number of rotatable bonds is 0. The fourth-order valence-corrected chi connectivity index (χ4v) is 2.86. The second-order valence-electron chi connectivity index (χ2n) is 11.3. The zero-order valence-corrected chi connectivity index (χ0v) is 22.1. The SMILES string of the molecule is Cc1c(C(C)(C)C)cnn1C.Cn1cc(C(C)(C)C)cn1.Cn1ccc(C(C)(C)C)n1. The second-order valence-corrected chi connectivity index (χ2v) is 11.3. The predicted molar refractivity (Wildman–Crippen MR) is 130 cm³/mol. The molecule has 3 aromatic heterocycles. The highest BCUT2D eigenvalue weighted by atomic mass is 15.3. The summed E-state index contributed by atoms with van der Waals surface area (Å²) >= 11 is 0. The molecule has 0 amide bonds. The molecule has 3 heterocycles. The van der Waals surface area contributed by atoms with Crippen LogP contribution in [0.1, 0.15) is 84.8 Å². The number of nitrogens with zero attached hydrogens (tertiary/aromatic N) is 6. The average Bonchev–Trinajstić information content (AvgIpc) is 3.29. The molecule has 6 nitrogen and oxygen atoms in total. The van der Waals surface area contributed by atoms with Crippen molar-refractivity contribution in [3.05, 3.63) is 53.4 Å². The van der Waals surface area contributed by atoms with Crippen molar-refractivity contribution < 1.29 is 0 Å². The minimum Gasteiger partial charge on any atom is -0.276 e. The van der Waals surface area contributed by atoms with Crippen LogP contribution in [-0.4, -0.2) is 29.3 Å². The highest BCUT2D eigenvalue weighted by Gasteiger charge is 2.18. The van der Waals surface area contributed by atoms with Crippen molar-refractivity contribution in [3.8, 4) is 0 Å². The van der Waals surface area contributed by atoms with Crippen LogP contribution in [0.2, 0.25) is 0 Å². The van der Waals surface area contributed by atoms with Gasteiger partial charge in [-0.2, -0.15) is 15.3 Å². The topological polar surface area (TPSA) is 53.5 Å². The normalized spacial score (nSPS) is 12.0. The van der Waals surface area contributed by atoms with Crippen LogP contribution in [0.4, 0.5) is 0 Å². The summed E-state index contributed by atoms with van der Waals surface area (Å²) in [6, 6.07) is 2.06. The van der Waals surface area contributed by atoms with E-state index in [1.165, 1.54) is 16.8 Å². The summed E-state index contributed by atoms with van der Waals surface area (Å²) in [7, 11) is 5.86. The lowest BCUT2D eigenvalue weighted by Gasteiger charge is -2.17. The van der Waals surface area contributed by atoms with E-state index in [1.54, 1.807) is 0 Å². The van der Waals surface area contributed by atoms with Gasteiger partial charge in [0.15, 0.2) is 0 Å². The Labute approximate surface area is 189 Å². The molecule has 31 heavy (non-hydrogen) atoms. The van der Waals surface area contributed by atoms with Crippen LogP contribution in [0.5, 0.6) is 0 Å². The smallest absolute Gasteiger partial charge is 0.0677 e. The van der Waals surface area contributed by atoms with Crippen LogP contribution in [0.3, 0.4) is 0 Å². The molecular weight excluding hydrogens is 384 g/mol. The highest BCUT2D eigenvalue weighted by Crippen LogP contribution is 2.24. The van der Waals surface area contributed by atoms with Crippen molar-refractivity contribution in [1.29, 1.82) is 0 Å². The average molecular weight is 429 g/mol. The summed E-state index contributed by atoms with van der Waals surface area (Å²) in [6.07, 6.45) is 7.90. The lowest BCUT2D eigenvalue weighted by molar-refractivity contribution is 0.553. The summed E-state index contributed by atoms with van der Waals surface area (Å²) in [4.78, 5) is 0. The Hall–Kier alpha value is -2.37. The number of hydrogen-bond donors (Lipinski definition) is 0. The first-order valence-corrected chi connectivity index (χ1v) is 10.9. The van der Waals surface area contributed by atoms with Gasteiger partial charge in [0.05, 0.1) is 18.1 Å². The molecule has 0 unspecified atom stereocenters. The van der Waals surface area contributed by atoms with Crippen LogP contribution in [-0.2, 0) is 37.4 Å². The first-order valence-electron chi connectivity index (χ1n) is 10.9. The van der Waals surface area contributed by atoms with Gasteiger partial charge in [-0.15, -0.1) is 0 Å². The summed E-state index contributed by atoms with van der Waals surface area (Å²) in [5.74, 6) is 0. The van der Waals surface area contributed by atoms with Crippen molar-refractivity contribution in [1.82, 2.24) is 29.3 Å². The van der Waals surface area contributed by atoms with E-state index >= 15 is 0 Å². The van der Waals surface area contributed by atoms with E-state index in [1.807, 2.05) is 53.8 Å². The maximum atomic E-state index is 4.30. The van der Waals surface area contributed by atoms with Gasteiger partial charge in [-0.3, -0.25) is 14.0 Å². The van der Waals surface area contributed by atoms with Crippen LogP contribution in [0.15, 0.2) is 30.9 Å². The molecule has 3 rings (SSSR count). The van der Waals surface area contributed by atoms with Crippen LogP contribution < -0.4 is 0 Å². The first kappa shape index (κ1) is 26.7. The minimum absolute atomic E-state index is 0.182. The highest BCUT2D eigenvalue weighted by molar-refractivity contribution is 5.24. The standard InChI is InChI=1S/C9H16N2.2C8H14N2/c1-7-8(9(2,3)4)6-10-11(7)5;1-8(2,3)7-5-9-10(4)6-7;1-8(2,3)7-5-6-10(4)9-7/h6H,1-5H3;2*5-6H,1-4H3. The van der Waals surface area contributed by atoms with E-state index < -0.39 is 0 Å². The van der Waals surface area contributed by atoms with E-state index in [9.17, 15) is 0 Å². The third-order valence-electron chi connectivity index (χ3n) is 5.10. The summed E-state index contributed by atoms with van der Waals surface area (Å²) in [5, 5.41) is 12.6. The maximum absolute atomic E-state index is 4.30. The minimum atomic E-state index is 0.182. The molecule has 6 heteroatoms. The summed E-state index contributed by atoms with van der Waals surface area (Å²) in [5.41, 5.74) is 5.66. The summed E-state index contributed by atoms with van der Waals surface area (Å²) in [6.45, 7) is 21.8. The van der Waals surface area contributed by atoms with Crippen molar-refractivity contribution in [2.45, 2.75) is 85.5 Å². The van der Waals surface area contributed by atoms with E-state index in [0.29, 0.717) is 0 Å². The Morgan fingerprint density at radius 3 is 1.48 bits per heavy atom. The molecule has 0 aliphatic carbocycles. The quantitative estimate of drug-likeness (QED) is 0.478. The third-order valence-corrected chi connectivity index (χ3v) is 5.10. The number of hydrogen-bond acceptors (Lipinski definition) is 3. The fourth-order valence-electron chi connectivity index (χ4n) is 2.86. The molecular formula is C25H44N6. The van der Waals surface area contributed by atoms with E-state index in [0.717, 1.165) is 5.69 Å². The van der Waals surface area contributed by atoms with Gasteiger partial charge in [-0.05, 0) is 34.9 Å². The van der Waals surface area contributed by atoms with Gasteiger partial charge in [0.25, 0.3) is 0 Å². The predicted octanol–water partition coefficient (Wildman–Crippen LogP) is 5.46. The number of aryl methyl sites for hydroxylation is 3. The molecule has 0 fully saturated rings. The maximum Gasteiger partial charge on any atom is 0.0677 e. The number of aromatic nitrogens is 6. The fraction of sp³-hybridized carbons (Fsp3) is 0.640. The zero-order chi connectivity index (χ0) is 24.2. The van der Waals surface area contributed by atoms with Crippen LogP contribution >= 0.6 is 0 Å². The van der Waals surface area contributed by atoms with Crippen molar-refractivity contribution in [2.24, 2.45) is 21.1 Å². The van der Waals surface area contributed by atoms with Crippen molar-refractivity contribution >= 4 is 0 Å². The molecule has 0 aliphatic heterocycles. The molecule has 3 aromatic rings. The molecule has 0 spiro atoms. The molecule has 0 radical (unpaired) electrons. The van der Waals surface area contributed by atoms with Crippen molar-refractivity contribution in [3.63, 3.8) is 0 Å². The van der Waals surface area contributed by atoms with Gasteiger partial charge >= 0.3 is 0 Å². The van der Waals surface area contributed by atoms with E-state index in [2.05, 4.69) is 96.8 Å². The summed E-state index contributed by atoms with van der Waals surface area (Å²) < 4.78 is 5.59. The largest absolute Gasteiger partial charge is 0.276 e. The first-order chi connectivity index (χ1) is 13.9. The zero-order valence-electron chi connectivity index (χ0n) is 22.1. The van der Waals surface area contributed by atoms with Gasteiger partial charge in [0.1, 0.15) is 0 Å². The van der Waals surface area contributed by atoms with Gasteiger partial charge in [-0.25, -0.2) is 0 Å². The van der Waals surface area contributed by atoms with E-state index in [4.69, 9.17) is 0 Å². The molecule has 0 bridgehead atoms. The van der Waals surface area contributed by atoms with Gasteiger partial charge < -0.3 is 0 Å². The van der Waals surface area contributed by atoms with E-state index in [-0.39, 0.29) is 16.2 Å². The Kier molecular flexibility index (Phi) is 8.46. The Bertz CT molecular complexity index is 886. The second kappa shape index (κ2) is 9.84. The monoisotopic (exact) mass is 428 g/mol.